The molecule has 0 unspecified atom stereocenters. The van der Waals surface area contributed by atoms with E-state index in [4.69, 9.17) is 10.5 Å². The predicted octanol–water partition coefficient (Wildman–Crippen LogP) is 1.93. The smallest absolute Gasteiger partial charge is 0.316 e. The maximum absolute atomic E-state index is 12.0. The van der Waals surface area contributed by atoms with E-state index >= 15 is 0 Å². The van der Waals surface area contributed by atoms with E-state index in [1.54, 1.807) is 0 Å². The molecular weight excluding hydrogens is 226 g/mol. The molecule has 0 spiro atoms. The Kier molecular flexibility index (Phi) is 2.49. The Morgan fingerprint density at radius 1 is 1.28 bits per heavy atom. The van der Waals surface area contributed by atoms with Crippen LogP contribution in [0.25, 0.3) is 0 Å². The van der Waals surface area contributed by atoms with Gasteiger partial charge in [0.25, 0.3) is 0 Å². The lowest BCUT2D eigenvalue weighted by Gasteiger charge is -2.19. The van der Waals surface area contributed by atoms with Crippen molar-refractivity contribution >= 4 is 5.97 Å². The molecule has 0 atom stereocenters. The normalized spacial score (nSPS) is 22.3. The van der Waals surface area contributed by atoms with Crippen LogP contribution in [0.15, 0.2) is 24.3 Å². The van der Waals surface area contributed by atoms with Gasteiger partial charge in [-0.05, 0) is 43.2 Å². The van der Waals surface area contributed by atoms with Crippen molar-refractivity contribution in [2.24, 2.45) is 5.73 Å². The van der Waals surface area contributed by atoms with Crippen LogP contribution in [0.5, 0.6) is 0 Å². The Morgan fingerprint density at radius 2 is 1.94 bits per heavy atom. The van der Waals surface area contributed by atoms with Crippen molar-refractivity contribution < 1.29 is 9.53 Å². The van der Waals surface area contributed by atoms with E-state index in [9.17, 15) is 4.79 Å². The molecule has 3 rings (SSSR count). The molecule has 2 N–H and O–H groups in total. The second kappa shape index (κ2) is 3.82. The third-order valence-electron chi connectivity index (χ3n) is 4.29. The zero-order chi connectivity index (χ0) is 12.8. The Bertz CT molecular complexity index is 487. The lowest BCUT2D eigenvalue weighted by atomic mass is 9.88. The van der Waals surface area contributed by atoms with Gasteiger partial charge in [0.1, 0.15) is 0 Å². The summed E-state index contributed by atoms with van der Waals surface area (Å²) in [5.74, 6) is -0.100. The summed E-state index contributed by atoms with van der Waals surface area (Å²) in [5, 5.41) is 0. The molecule has 0 aliphatic heterocycles. The molecule has 0 heterocycles. The first-order valence-corrected chi connectivity index (χ1v) is 6.55. The standard InChI is InChI=1S/C15H19NO2/c1-18-13(17)15(8-9-15)12-5-3-2-4-11(12)10-14(16)6-7-14/h2-5H,6-10,16H2,1H3. The zero-order valence-corrected chi connectivity index (χ0v) is 10.7. The van der Waals surface area contributed by atoms with Crippen molar-refractivity contribution in [2.75, 3.05) is 7.11 Å². The highest BCUT2D eigenvalue weighted by Crippen LogP contribution is 2.51. The van der Waals surface area contributed by atoms with Gasteiger partial charge in [-0.3, -0.25) is 4.79 Å². The molecule has 3 nitrogen and oxygen atoms in total. The number of nitrogens with two attached hydrogens (primary N) is 1. The van der Waals surface area contributed by atoms with E-state index in [-0.39, 0.29) is 16.9 Å². The van der Waals surface area contributed by atoms with Crippen LogP contribution in [-0.4, -0.2) is 18.6 Å². The molecule has 1 aromatic rings. The molecule has 0 amide bonds. The number of methoxy groups -OCH3 is 1. The van der Waals surface area contributed by atoms with E-state index in [0.717, 1.165) is 37.7 Å². The average molecular weight is 245 g/mol. The summed E-state index contributed by atoms with van der Waals surface area (Å²) in [6, 6.07) is 8.19. The van der Waals surface area contributed by atoms with E-state index < -0.39 is 0 Å². The first kappa shape index (κ1) is 11.7. The molecule has 3 heteroatoms. The molecule has 0 saturated heterocycles. The van der Waals surface area contributed by atoms with Crippen molar-refractivity contribution in [3.8, 4) is 0 Å². The second-order valence-electron chi connectivity index (χ2n) is 5.77. The van der Waals surface area contributed by atoms with Gasteiger partial charge in [-0.25, -0.2) is 0 Å². The molecule has 2 aliphatic carbocycles. The Labute approximate surface area is 107 Å². The topological polar surface area (TPSA) is 52.3 Å². The minimum atomic E-state index is -0.378. The fraction of sp³-hybridized carbons (Fsp3) is 0.533. The van der Waals surface area contributed by atoms with Gasteiger partial charge < -0.3 is 10.5 Å². The second-order valence-corrected chi connectivity index (χ2v) is 5.77. The summed E-state index contributed by atoms with van der Waals surface area (Å²) >= 11 is 0. The summed E-state index contributed by atoms with van der Waals surface area (Å²) in [6.45, 7) is 0. The minimum absolute atomic E-state index is 0.0255. The monoisotopic (exact) mass is 245 g/mol. The average Bonchev–Trinajstić information content (AvgIpc) is 3.27. The summed E-state index contributed by atoms with van der Waals surface area (Å²) in [5.41, 5.74) is 8.16. The highest BCUT2D eigenvalue weighted by atomic mass is 16.5. The Hall–Kier alpha value is -1.35. The van der Waals surface area contributed by atoms with Crippen molar-refractivity contribution in [3.63, 3.8) is 0 Å². The highest BCUT2D eigenvalue weighted by Gasteiger charge is 2.54. The van der Waals surface area contributed by atoms with Crippen LogP contribution < -0.4 is 5.73 Å². The SMILES string of the molecule is COC(=O)C1(c2ccccc2CC2(N)CC2)CC1. The van der Waals surface area contributed by atoms with Gasteiger partial charge in [-0.2, -0.15) is 0 Å². The fourth-order valence-electron chi connectivity index (χ4n) is 2.76. The van der Waals surface area contributed by atoms with Gasteiger partial charge in [0, 0.05) is 5.54 Å². The van der Waals surface area contributed by atoms with Crippen molar-refractivity contribution in [2.45, 2.75) is 43.1 Å². The van der Waals surface area contributed by atoms with Crippen LogP contribution in [0.2, 0.25) is 0 Å². The van der Waals surface area contributed by atoms with E-state index in [2.05, 4.69) is 12.1 Å². The third-order valence-corrected chi connectivity index (χ3v) is 4.29. The summed E-state index contributed by atoms with van der Waals surface area (Å²) in [6.07, 6.45) is 4.85. The molecule has 18 heavy (non-hydrogen) atoms. The van der Waals surface area contributed by atoms with Gasteiger partial charge in [0.15, 0.2) is 0 Å². The van der Waals surface area contributed by atoms with Gasteiger partial charge in [0.05, 0.1) is 12.5 Å². The molecule has 96 valence electrons. The van der Waals surface area contributed by atoms with Crippen LogP contribution in [-0.2, 0) is 21.4 Å². The fourth-order valence-corrected chi connectivity index (χ4v) is 2.76. The summed E-state index contributed by atoms with van der Waals surface area (Å²) in [4.78, 5) is 12.0. The van der Waals surface area contributed by atoms with Crippen LogP contribution in [0.1, 0.15) is 36.8 Å². The number of rotatable bonds is 4. The predicted molar refractivity (Wildman–Crippen MR) is 69.2 cm³/mol. The first-order chi connectivity index (χ1) is 8.60. The number of benzene rings is 1. The lowest BCUT2D eigenvalue weighted by Crippen LogP contribution is -2.28. The third kappa shape index (κ3) is 1.83. The maximum Gasteiger partial charge on any atom is 0.316 e. The highest BCUT2D eigenvalue weighted by molar-refractivity contribution is 5.87. The van der Waals surface area contributed by atoms with Crippen LogP contribution >= 0.6 is 0 Å². The number of carbonyl (C=O) groups excluding carboxylic acids is 1. The number of esters is 1. The van der Waals surface area contributed by atoms with E-state index in [1.165, 1.54) is 12.7 Å². The molecule has 2 saturated carbocycles. The van der Waals surface area contributed by atoms with Crippen LogP contribution in [0.3, 0.4) is 0 Å². The van der Waals surface area contributed by atoms with Gasteiger partial charge >= 0.3 is 5.97 Å². The molecule has 1 aromatic carbocycles. The molecular formula is C15H19NO2. The number of carbonyl (C=O) groups is 1. The Morgan fingerprint density at radius 3 is 2.50 bits per heavy atom. The number of hydrogen-bond donors (Lipinski definition) is 1. The quantitative estimate of drug-likeness (QED) is 0.825. The zero-order valence-electron chi connectivity index (χ0n) is 10.7. The van der Waals surface area contributed by atoms with Gasteiger partial charge in [-0.15, -0.1) is 0 Å². The van der Waals surface area contributed by atoms with Crippen molar-refractivity contribution in [1.82, 2.24) is 0 Å². The van der Waals surface area contributed by atoms with Crippen molar-refractivity contribution in [3.05, 3.63) is 35.4 Å². The summed E-state index contributed by atoms with van der Waals surface area (Å²) in [7, 11) is 1.47. The van der Waals surface area contributed by atoms with E-state index in [1.807, 2.05) is 12.1 Å². The number of ether oxygens (including phenoxy) is 1. The first-order valence-electron chi connectivity index (χ1n) is 6.55. The Balaban J connectivity index is 1.94. The largest absolute Gasteiger partial charge is 0.468 e. The lowest BCUT2D eigenvalue weighted by molar-refractivity contribution is -0.143. The van der Waals surface area contributed by atoms with Crippen LogP contribution in [0.4, 0.5) is 0 Å². The molecule has 0 aromatic heterocycles. The molecule has 0 bridgehead atoms. The van der Waals surface area contributed by atoms with Crippen LogP contribution in [0, 0.1) is 0 Å². The maximum atomic E-state index is 12.0. The molecule has 2 aliphatic rings. The molecule has 2 fully saturated rings. The molecule has 0 radical (unpaired) electrons. The minimum Gasteiger partial charge on any atom is -0.468 e. The van der Waals surface area contributed by atoms with Gasteiger partial charge in [-0.1, -0.05) is 24.3 Å². The summed E-state index contributed by atoms with van der Waals surface area (Å²) < 4.78 is 4.96. The van der Waals surface area contributed by atoms with E-state index in [0.29, 0.717) is 0 Å². The number of hydrogen-bond acceptors (Lipinski definition) is 3. The van der Waals surface area contributed by atoms with Gasteiger partial charge in [0.2, 0.25) is 0 Å². The van der Waals surface area contributed by atoms with Crippen molar-refractivity contribution in [1.29, 1.82) is 0 Å².